The number of likely N-dealkylation sites (tertiary alicyclic amines) is 1. The zero-order valence-electron chi connectivity index (χ0n) is 27.1. The summed E-state index contributed by atoms with van der Waals surface area (Å²) in [4.78, 5) is 66.2. The molecule has 250 valence electrons. The molecule has 1 N–H and O–H groups in total. The quantitative estimate of drug-likeness (QED) is 0.323. The number of methoxy groups -OCH3 is 2. The van der Waals surface area contributed by atoms with Gasteiger partial charge in [0.15, 0.2) is 23.2 Å². The Morgan fingerprint density at radius 3 is 2.36 bits per heavy atom. The van der Waals surface area contributed by atoms with Gasteiger partial charge in [0.05, 0.1) is 19.7 Å². The maximum absolute atomic E-state index is 13.8. The van der Waals surface area contributed by atoms with Crippen molar-refractivity contribution in [3.63, 3.8) is 0 Å². The summed E-state index contributed by atoms with van der Waals surface area (Å²) in [5, 5.41) is 3.48. The standard InChI is InChI=1S/C33H40N6O7S/c1-21(20-47-22(2)40)32(43)39-12-8-11-26(39)31(42)35-30-24-17-27(44-3)28(45-4)18-25(24)34-33(36-30)38-15-13-37(14-16-38)29(41)19-46-23-9-6-5-7-10-23/h5-7,9-10,17-18,21,26H,8,11-16,19-20H2,1-4H3,(H,34,35,36,42)/t21?,26-/m0/s1. The van der Waals surface area contributed by atoms with Crippen LogP contribution < -0.4 is 24.4 Å². The average Bonchev–Trinajstić information content (AvgIpc) is 3.59. The molecule has 1 aromatic heterocycles. The highest BCUT2D eigenvalue weighted by atomic mass is 32.2. The van der Waals surface area contributed by atoms with Gasteiger partial charge in [-0.05, 0) is 31.0 Å². The van der Waals surface area contributed by atoms with Crippen molar-refractivity contribution in [3.8, 4) is 17.2 Å². The monoisotopic (exact) mass is 664 g/mol. The van der Waals surface area contributed by atoms with Gasteiger partial charge in [-0.15, -0.1) is 0 Å². The van der Waals surface area contributed by atoms with E-state index in [1.54, 1.807) is 28.9 Å². The molecule has 0 aliphatic carbocycles. The topological polar surface area (TPSA) is 144 Å². The normalized spacial score (nSPS) is 16.9. The van der Waals surface area contributed by atoms with Crippen molar-refractivity contribution in [2.75, 3.05) is 69.5 Å². The molecule has 2 aliphatic rings. The highest BCUT2D eigenvalue weighted by Crippen LogP contribution is 2.35. The summed E-state index contributed by atoms with van der Waals surface area (Å²) in [6.07, 6.45) is 1.21. The second-order valence-electron chi connectivity index (χ2n) is 11.4. The van der Waals surface area contributed by atoms with Gasteiger partial charge in [0.2, 0.25) is 17.8 Å². The third-order valence-corrected chi connectivity index (χ3v) is 9.32. The van der Waals surface area contributed by atoms with Crippen molar-refractivity contribution in [2.24, 2.45) is 5.92 Å². The zero-order valence-corrected chi connectivity index (χ0v) is 27.9. The molecule has 5 rings (SSSR count). The van der Waals surface area contributed by atoms with Crippen molar-refractivity contribution in [1.82, 2.24) is 19.8 Å². The summed E-state index contributed by atoms with van der Waals surface area (Å²) in [5.41, 5.74) is 0.534. The number of nitrogens with zero attached hydrogens (tertiary/aromatic N) is 5. The van der Waals surface area contributed by atoms with Crippen molar-refractivity contribution in [2.45, 2.75) is 32.7 Å². The van der Waals surface area contributed by atoms with Crippen molar-refractivity contribution < 1.29 is 33.4 Å². The van der Waals surface area contributed by atoms with Crippen LogP contribution in [-0.4, -0.2) is 108 Å². The molecule has 0 radical (unpaired) electrons. The molecule has 3 heterocycles. The number of nitrogens with one attached hydrogen (secondary N) is 1. The van der Waals surface area contributed by atoms with Gasteiger partial charge in [0, 0.05) is 62.8 Å². The molecule has 0 bridgehead atoms. The molecule has 2 saturated heterocycles. The fraction of sp³-hybridized carbons (Fsp3) is 0.455. The number of rotatable bonds is 11. The van der Waals surface area contributed by atoms with Crippen LogP contribution in [0.2, 0.25) is 0 Å². The number of para-hydroxylation sites is 1. The number of carbonyl (C=O) groups is 4. The van der Waals surface area contributed by atoms with Crippen LogP contribution in [0.1, 0.15) is 26.7 Å². The van der Waals surface area contributed by atoms with Crippen LogP contribution in [0, 0.1) is 5.92 Å². The highest BCUT2D eigenvalue weighted by Gasteiger charge is 2.36. The lowest BCUT2D eigenvalue weighted by Gasteiger charge is -2.35. The van der Waals surface area contributed by atoms with Gasteiger partial charge < -0.3 is 34.2 Å². The van der Waals surface area contributed by atoms with Crippen LogP contribution in [0.3, 0.4) is 0 Å². The SMILES string of the molecule is COc1cc2nc(N3CCN(C(=O)COc4ccccc4)CC3)nc(NC(=O)[C@@H]3CCCN3C(=O)C(C)CSC(C)=O)c2cc1OC. The number of amides is 3. The molecular formula is C33H40N6O7S. The van der Waals surface area contributed by atoms with E-state index < -0.39 is 12.0 Å². The van der Waals surface area contributed by atoms with Gasteiger partial charge in [-0.25, -0.2) is 4.98 Å². The summed E-state index contributed by atoms with van der Waals surface area (Å²) in [7, 11) is 3.06. The Morgan fingerprint density at radius 1 is 0.979 bits per heavy atom. The Labute approximate surface area is 277 Å². The molecule has 2 atom stereocenters. The smallest absolute Gasteiger partial charge is 0.260 e. The van der Waals surface area contributed by atoms with E-state index in [1.165, 1.54) is 21.1 Å². The molecule has 0 spiro atoms. The summed E-state index contributed by atoms with van der Waals surface area (Å²) >= 11 is 1.11. The maximum Gasteiger partial charge on any atom is 0.260 e. The first-order valence-corrected chi connectivity index (χ1v) is 16.6. The molecule has 2 aliphatic heterocycles. The van der Waals surface area contributed by atoms with Crippen molar-refractivity contribution in [3.05, 3.63) is 42.5 Å². The Bertz CT molecular complexity index is 1620. The predicted molar refractivity (Wildman–Crippen MR) is 179 cm³/mol. The van der Waals surface area contributed by atoms with Crippen LogP contribution in [0.15, 0.2) is 42.5 Å². The molecule has 1 unspecified atom stereocenters. The lowest BCUT2D eigenvalue weighted by molar-refractivity contribution is -0.139. The summed E-state index contributed by atoms with van der Waals surface area (Å²) in [6, 6.07) is 12.0. The van der Waals surface area contributed by atoms with E-state index in [9.17, 15) is 19.2 Å². The first-order chi connectivity index (χ1) is 22.7. The number of aromatic nitrogens is 2. The number of carbonyl (C=O) groups excluding carboxylic acids is 4. The first kappa shape index (κ1) is 33.8. The van der Waals surface area contributed by atoms with E-state index in [0.29, 0.717) is 85.4 Å². The van der Waals surface area contributed by atoms with E-state index >= 15 is 0 Å². The molecule has 3 amide bonds. The number of benzene rings is 2. The number of fused-ring (bicyclic) bond motifs is 1. The van der Waals surface area contributed by atoms with Gasteiger partial charge in [-0.3, -0.25) is 19.2 Å². The minimum Gasteiger partial charge on any atom is -0.493 e. The molecule has 14 heteroatoms. The molecule has 2 fully saturated rings. The number of piperazine rings is 1. The van der Waals surface area contributed by atoms with Crippen molar-refractivity contribution in [1.29, 1.82) is 0 Å². The van der Waals surface area contributed by atoms with E-state index in [1.807, 2.05) is 35.2 Å². The summed E-state index contributed by atoms with van der Waals surface area (Å²) in [6.45, 7) is 5.51. The molecule has 47 heavy (non-hydrogen) atoms. The van der Waals surface area contributed by atoms with E-state index in [2.05, 4.69) is 5.32 Å². The largest absolute Gasteiger partial charge is 0.493 e. The second kappa shape index (κ2) is 15.3. The average molecular weight is 665 g/mol. The Kier molecular flexibility index (Phi) is 11.0. The van der Waals surface area contributed by atoms with Crippen LogP contribution in [0.25, 0.3) is 10.9 Å². The fourth-order valence-corrected chi connectivity index (χ4v) is 6.32. The number of anilines is 2. The van der Waals surface area contributed by atoms with Gasteiger partial charge >= 0.3 is 0 Å². The minimum absolute atomic E-state index is 0.0519. The van der Waals surface area contributed by atoms with Crippen molar-refractivity contribution >= 4 is 57.3 Å². The molecular weight excluding hydrogens is 624 g/mol. The Morgan fingerprint density at radius 2 is 1.68 bits per heavy atom. The van der Waals surface area contributed by atoms with E-state index in [-0.39, 0.29) is 35.3 Å². The Balaban J connectivity index is 1.34. The molecule has 2 aromatic carbocycles. The first-order valence-electron chi connectivity index (χ1n) is 15.6. The van der Waals surface area contributed by atoms with E-state index in [4.69, 9.17) is 24.2 Å². The molecule has 3 aromatic rings. The summed E-state index contributed by atoms with van der Waals surface area (Å²) < 4.78 is 16.7. The maximum atomic E-state index is 13.8. The van der Waals surface area contributed by atoms with Crippen LogP contribution in [0.4, 0.5) is 11.8 Å². The van der Waals surface area contributed by atoms with Crippen LogP contribution >= 0.6 is 11.8 Å². The molecule has 0 saturated carbocycles. The number of hydrogen-bond acceptors (Lipinski definition) is 11. The Hall–Kier alpha value is -4.59. The number of thioether (sulfide) groups is 1. The number of hydrogen-bond donors (Lipinski definition) is 1. The fourth-order valence-electron chi connectivity index (χ4n) is 5.69. The lowest BCUT2D eigenvalue weighted by Crippen LogP contribution is -2.50. The lowest BCUT2D eigenvalue weighted by atomic mass is 10.1. The van der Waals surface area contributed by atoms with Gasteiger partial charge in [-0.2, -0.15) is 4.98 Å². The molecule has 13 nitrogen and oxygen atoms in total. The van der Waals surface area contributed by atoms with E-state index in [0.717, 1.165) is 11.8 Å². The van der Waals surface area contributed by atoms with Crippen LogP contribution in [0.5, 0.6) is 17.2 Å². The third-order valence-electron chi connectivity index (χ3n) is 8.25. The zero-order chi connectivity index (χ0) is 33.5. The number of ether oxygens (including phenoxy) is 3. The second-order valence-corrected chi connectivity index (χ2v) is 12.6. The predicted octanol–water partition coefficient (Wildman–Crippen LogP) is 3.22. The van der Waals surface area contributed by atoms with Gasteiger partial charge in [0.25, 0.3) is 5.91 Å². The minimum atomic E-state index is -0.673. The highest BCUT2D eigenvalue weighted by molar-refractivity contribution is 8.13. The van der Waals surface area contributed by atoms with Gasteiger partial charge in [-0.1, -0.05) is 36.9 Å². The third kappa shape index (κ3) is 8.05. The van der Waals surface area contributed by atoms with Crippen LogP contribution in [-0.2, 0) is 19.2 Å². The van der Waals surface area contributed by atoms with Gasteiger partial charge in [0.1, 0.15) is 17.6 Å². The summed E-state index contributed by atoms with van der Waals surface area (Å²) in [5.74, 6) is 1.57.